The molecule has 2 rings (SSSR count). The van der Waals surface area contributed by atoms with E-state index in [-0.39, 0.29) is 11.8 Å². The van der Waals surface area contributed by atoms with Crippen LogP contribution in [0.2, 0.25) is 0 Å². The van der Waals surface area contributed by atoms with Gasteiger partial charge < -0.3 is 20.3 Å². The van der Waals surface area contributed by atoms with Gasteiger partial charge in [-0.05, 0) is 83.1 Å². The van der Waals surface area contributed by atoms with Crippen molar-refractivity contribution < 1.29 is 19.1 Å². The van der Waals surface area contributed by atoms with Crippen molar-refractivity contribution in [3.8, 4) is 0 Å². The minimum Gasteiger partial charge on any atom is -0.444 e. The number of rotatable bonds is 12. The van der Waals surface area contributed by atoms with Crippen LogP contribution in [0.25, 0.3) is 0 Å². The molecule has 2 unspecified atom stereocenters. The number of hydrogen-bond acceptors (Lipinski definition) is 5. The lowest BCUT2D eigenvalue weighted by molar-refractivity contribution is -0.141. The average Bonchev–Trinajstić information content (AvgIpc) is 2.86. The highest BCUT2D eigenvalue weighted by Crippen LogP contribution is 2.28. The van der Waals surface area contributed by atoms with E-state index < -0.39 is 23.8 Å². The summed E-state index contributed by atoms with van der Waals surface area (Å²) in [6.45, 7) is 13.7. The predicted molar refractivity (Wildman–Crippen MR) is 161 cm³/mol. The Morgan fingerprint density at radius 3 is 2.15 bits per heavy atom. The summed E-state index contributed by atoms with van der Waals surface area (Å²) in [5, 5.41) is 5.90. The number of carbonyl (C=O) groups excluding carboxylic acids is 3. The lowest BCUT2D eigenvalue weighted by atomic mass is 10.00. The molecule has 0 radical (unpaired) electrons. The molecule has 0 aliphatic carbocycles. The predicted octanol–water partition coefficient (Wildman–Crippen LogP) is 6.57. The Morgan fingerprint density at radius 1 is 1.00 bits per heavy atom. The Hall–Kier alpha value is -3.00. The summed E-state index contributed by atoms with van der Waals surface area (Å²) < 4.78 is 5.46. The van der Waals surface area contributed by atoms with Crippen molar-refractivity contribution in [1.29, 1.82) is 0 Å². The van der Waals surface area contributed by atoms with Crippen molar-refractivity contribution in [1.82, 2.24) is 10.2 Å². The number of nitrogens with one attached hydrogen (secondary N) is 2. The van der Waals surface area contributed by atoms with Gasteiger partial charge in [-0.25, -0.2) is 4.79 Å². The molecule has 8 heteroatoms. The van der Waals surface area contributed by atoms with E-state index in [0.717, 1.165) is 34.4 Å². The molecular formula is C31H45N3O4S. The molecule has 0 heterocycles. The number of carbonyl (C=O) groups is 3. The zero-order valence-corrected chi connectivity index (χ0v) is 25.5. The highest BCUT2D eigenvalue weighted by molar-refractivity contribution is 7.98. The number of benzene rings is 2. The van der Waals surface area contributed by atoms with E-state index in [4.69, 9.17) is 4.74 Å². The topological polar surface area (TPSA) is 87.7 Å². The van der Waals surface area contributed by atoms with Crippen molar-refractivity contribution in [2.45, 2.75) is 85.4 Å². The SMILES string of the molecule is CCCCN(C(=O)C(CCSC)NC(=O)OC(C)(C)C)C(C(=O)Nc1c(C)cccc1C)c1ccc(C)cc1. The summed E-state index contributed by atoms with van der Waals surface area (Å²) in [5.41, 5.74) is 3.71. The summed E-state index contributed by atoms with van der Waals surface area (Å²) in [4.78, 5) is 42.6. The average molecular weight is 556 g/mol. The first-order chi connectivity index (χ1) is 18.4. The second-order valence-electron chi connectivity index (χ2n) is 10.9. The Bertz CT molecular complexity index is 1090. The lowest BCUT2D eigenvalue weighted by Crippen LogP contribution is -2.52. The summed E-state index contributed by atoms with van der Waals surface area (Å²) in [7, 11) is 0. The minimum atomic E-state index is -0.874. The molecule has 39 heavy (non-hydrogen) atoms. The molecule has 0 spiro atoms. The third-order valence-corrected chi connectivity index (χ3v) is 6.96. The van der Waals surface area contributed by atoms with Crippen LogP contribution >= 0.6 is 11.8 Å². The molecule has 0 fully saturated rings. The molecule has 214 valence electrons. The Balaban J connectivity index is 2.53. The normalized spacial score (nSPS) is 12.8. The number of thioether (sulfide) groups is 1. The zero-order valence-electron chi connectivity index (χ0n) is 24.7. The molecule has 0 aliphatic rings. The summed E-state index contributed by atoms with van der Waals surface area (Å²) >= 11 is 1.59. The van der Waals surface area contributed by atoms with Gasteiger partial charge in [0.15, 0.2) is 0 Å². The van der Waals surface area contributed by atoms with Crippen molar-refractivity contribution in [3.63, 3.8) is 0 Å². The van der Waals surface area contributed by atoms with Gasteiger partial charge >= 0.3 is 6.09 Å². The van der Waals surface area contributed by atoms with Crippen molar-refractivity contribution in [3.05, 3.63) is 64.7 Å². The van der Waals surface area contributed by atoms with E-state index in [1.165, 1.54) is 0 Å². The molecule has 7 nitrogen and oxygen atoms in total. The van der Waals surface area contributed by atoms with Crippen LogP contribution in [-0.4, -0.2) is 53.0 Å². The summed E-state index contributed by atoms with van der Waals surface area (Å²) in [6.07, 6.45) is 3.28. The maximum Gasteiger partial charge on any atom is 0.408 e. The number of aryl methyl sites for hydroxylation is 3. The van der Waals surface area contributed by atoms with Crippen LogP contribution in [0.5, 0.6) is 0 Å². The fraction of sp³-hybridized carbons (Fsp3) is 0.516. The van der Waals surface area contributed by atoms with E-state index in [1.807, 2.05) is 76.4 Å². The van der Waals surface area contributed by atoms with Gasteiger partial charge in [-0.1, -0.05) is 61.4 Å². The molecule has 2 atom stereocenters. The van der Waals surface area contributed by atoms with E-state index in [1.54, 1.807) is 37.4 Å². The minimum absolute atomic E-state index is 0.290. The van der Waals surface area contributed by atoms with Crippen LogP contribution < -0.4 is 10.6 Å². The molecule has 0 aromatic heterocycles. The first-order valence-corrected chi connectivity index (χ1v) is 15.0. The molecule has 0 saturated heterocycles. The maximum atomic E-state index is 14.2. The van der Waals surface area contributed by atoms with Crippen LogP contribution in [-0.2, 0) is 14.3 Å². The largest absolute Gasteiger partial charge is 0.444 e. The smallest absolute Gasteiger partial charge is 0.408 e. The lowest BCUT2D eigenvalue weighted by Gasteiger charge is -2.35. The standard InChI is InChI=1S/C31H45N3O4S/c1-9-10-19-34(29(36)25(18-20-39-8)32-30(37)38-31(5,6)7)27(24-16-14-21(2)15-17-24)28(35)33-26-22(3)12-11-13-23(26)4/h11-17,25,27H,9-10,18-20H2,1-8H3,(H,32,37)(H,33,35). The van der Waals surface area contributed by atoms with Gasteiger partial charge in [0, 0.05) is 12.2 Å². The number of amides is 3. The number of alkyl carbamates (subject to hydrolysis) is 1. The number of para-hydroxylation sites is 1. The van der Waals surface area contributed by atoms with E-state index in [2.05, 4.69) is 10.6 Å². The molecule has 3 amide bonds. The molecule has 0 aliphatic heterocycles. The second-order valence-corrected chi connectivity index (χ2v) is 11.9. The van der Waals surface area contributed by atoms with Crippen molar-refractivity contribution in [2.75, 3.05) is 23.9 Å². The highest BCUT2D eigenvalue weighted by Gasteiger charge is 2.36. The first kappa shape index (κ1) is 32.2. The molecule has 2 aromatic rings. The number of anilines is 1. The molecule has 0 saturated carbocycles. The number of nitrogens with zero attached hydrogens (tertiary/aromatic N) is 1. The number of ether oxygens (including phenoxy) is 1. The van der Waals surface area contributed by atoms with Crippen LogP contribution in [0, 0.1) is 20.8 Å². The third-order valence-electron chi connectivity index (χ3n) is 6.32. The van der Waals surface area contributed by atoms with E-state index in [0.29, 0.717) is 25.1 Å². The first-order valence-electron chi connectivity index (χ1n) is 13.6. The summed E-state index contributed by atoms with van der Waals surface area (Å²) in [5.74, 6) is 0.0737. The Kier molecular flexibility index (Phi) is 12.4. The maximum absolute atomic E-state index is 14.2. The number of unbranched alkanes of at least 4 members (excludes halogenated alkanes) is 1. The van der Waals surface area contributed by atoms with E-state index in [9.17, 15) is 14.4 Å². The molecule has 2 aromatic carbocycles. The van der Waals surface area contributed by atoms with Gasteiger partial charge in [0.05, 0.1) is 0 Å². The van der Waals surface area contributed by atoms with Gasteiger partial charge in [-0.3, -0.25) is 9.59 Å². The van der Waals surface area contributed by atoms with Gasteiger partial charge in [0.25, 0.3) is 5.91 Å². The molecule has 2 N–H and O–H groups in total. The van der Waals surface area contributed by atoms with Crippen molar-refractivity contribution >= 4 is 35.4 Å². The molecule has 0 bridgehead atoms. The van der Waals surface area contributed by atoms with Crippen molar-refractivity contribution in [2.24, 2.45) is 0 Å². The fourth-order valence-electron chi connectivity index (χ4n) is 4.26. The van der Waals surface area contributed by atoms with Gasteiger partial charge in [-0.15, -0.1) is 0 Å². The quantitative estimate of drug-likeness (QED) is 0.309. The van der Waals surface area contributed by atoms with Gasteiger partial charge in [0.1, 0.15) is 17.7 Å². The van der Waals surface area contributed by atoms with Crippen LogP contribution in [0.4, 0.5) is 10.5 Å². The van der Waals surface area contributed by atoms with Gasteiger partial charge in [-0.2, -0.15) is 11.8 Å². The molecular weight excluding hydrogens is 510 g/mol. The fourth-order valence-corrected chi connectivity index (χ4v) is 4.73. The second kappa shape index (κ2) is 15.0. The Labute approximate surface area is 238 Å². The monoisotopic (exact) mass is 555 g/mol. The van der Waals surface area contributed by atoms with E-state index >= 15 is 0 Å². The Morgan fingerprint density at radius 2 is 1.62 bits per heavy atom. The summed E-state index contributed by atoms with van der Waals surface area (Å²) in [6, 6.07) is 11.8. The van der Waals surface area contributed by atoms with Crippen LogP contribution in [0.3, 0.4) is 0 Å². The van der Waals surface area contributed by atoms with Gasteiger partial charge in [0.2, 0.25) is 5.91 Å². The van der Waals surface area contributed by atoms with Crippen LogP contribution in [0.1, 0.15) is 75.3 Å². The third kappa shape index (κ3) is 9.92. The number of hydrogen-bond donors (Lipinski definition) is 2. The van der Waals surface area contributed by atoms with Crippen LogP contribution in [0.15, 0.2) is 42.5 Å². The zero-order chi connectivity index (χ0) is 29.2. The highest BCUT2D eigenvalue weighted by atomic mass is 32.2.